The van der Waals surface area contributed by atoms with Crippen molar-refractivity contribution in [2.24, 2.45) is 5.73 Å². The summed E-state index contributed by atoms with van der Waals surface area (Å²) in [5.41, 5.74) is 7.96. The number of aryl methyl sites for hydroxylation is 1. The molecule has 1 aromatic rings. The molecule has 0 fully saturated rings. The maximum absolute atomic E-state index is 12.2. The van der Waals surface area contributed by atoms with E-state index in [2.05, 4.69) is 0 Å². The lowest BCUT2D eigenvalue weighted by molar-refractivity contribution is 0.0977. The average molecular weight is 258 g/mol. The lowest BCUT2D eigenvalue weighted by atomic mass is 10.0. The number of nitrogens with two attached hydrogens (primary N) is 1. The molecule has 2 N–H and O–H groups in total. The van der Waals surface area contributed by atoms with E-state index in [1.54, 1.807) is 14.2 Å². The molecule has 1 aromatic carbocycles. The van der Waals surface area contributed by atoms with Crippen molar-refractivity contribution >= 4 is 0 Å². The lowest BCUT2D eigenvalue weighted by Gasteiger charge is -2.22. The highest BCUT2D eigenvalue weighted by atomic mass is 19.3. The second kappa shape index (κ2) is 6.66. The van der Waals surface area contributed by atoms with Gasteiger partial charge in [0, 0.05) is 18.2 Å². The maximum atomic E-state index is 12.2. The van der Waals surface area contributed by atoms with E-state index >= 15 is 0 Å². The molecule has 1 atom stereocenters. The van der Waals surface area contributed by atoms with Crippen molar-refractivity contribution in [2.45, 2.75) is 19.4 Å². The second-order valence-corrected chi connectivity index (χ2v) is 4.46. The summed E-state index contributed by atoms with van der Waals surface area (Å²) in [4.78, 5) is 1.52. The predicted octanol–water partition coefficient (Wildman–Crippen LogP) is 2.20. The van der Waals surface area contributed by atoms with Crippen molar-refractivity contribution in [1.82, 2.24) is 4.90 Å². The molecule has 1 rings (SSSR count). The van der Waals surface area contributed by atoms with Gasteiger partial charge >= 0.3 is 0 Å². The van der Waals surface area contributed by atoms with E-state index in [0.29, 0.717) is 12.3 Å². The van der Waals surface area contributed by atoms with Gasteiger partial charge < -0.3 is 10.5 Å². The van der Waals surface area contributed by atoms with Crippen LogP contribution >= 0.6 is 0 Å². The summed E-state index contributed by atoms with van der Waals surface area (Å²) in [6.07, 6.45) is -2.35. The zero-order valence-electron chi connectivity index (χ0n) is 11.0. The summed E-state index contributed by atoms with van der Waals surface area (Å²) in [5, 5.41) is 0. The molecule has 0 saturated carbocycles. The van der Waals surface area contributed by atoms with Gasteiger partial charge in [-0.1, -0.05) is 17.7 Å². The molecule has 0 amide bonds. The topological polar surface area (TPSA) is 38.5 Å². The minimum Gasteiger partial charge on any atom is -0.496 e. The Morgan fingerprint density at radius 3 is 2.56 bits per heavy atom. The van der Waals surface area contributed by atoms with E-state index in [4.69, 9.17) is 10.5 Å². The standard InChI is InChI=1S/C13H20F2N2O/c1-9-4-5-12(18-3)10(6-9)11(16)7-17(2)8-13(14)15/h4-6,11,13H,7-8,16H2,1-3H3. The number of likely N-dealkylation sites (N-methyl/N-ethyl adjacent to an activating group) is 1. The van der Waals surface area contributed by atoms with Crippen LogP contribution in [0.5, 0.6) is 5.75 Å². The Kier molecular flexibility index (Phi) is 5.50. The van der Waals surface area contributed by atoms with Gasteiger partial charge in [0.1, 0.15) is 5.75 Å². The van der Waals surface area contributed by atoms with Crippen molar-refractivity contribution in [3.05, 3.63) is 29.3 Å². The van der Waals surface area contributed by atoms with Crippen LogP contribution in [0.1, 0.15) is 17.2 Å². The van der Waals surface area contributed by atoms with Crippen LogP contribution in [0.2, 0.25) is 0 Å². The smallest absolute Gasteiger partial charge is 0.251 e. The van der Waals surface area contributed by atoms with Crippen LogP contribution in [-0.4, -0.2) is 38.6 Å². The van der Waals surface area contributed by atoms with Gasteiger partial charge in [0.15, 0.2) is 0 Å². The van der Waals surface area contributed by atoms with Crippen molar-refractivity contribution in [3.8, 4) is 5.75 Å². The summed E-state index contributed by atoms with van der Waals surface area (Å²) < 4.78 is 29.7. The molecule has 0 radical (unpaired) electrons. The third-order valence-corrected chi connectivity index (χ3v) is 2.74. The Bertz CT molecular complexity index is 385. The molecule has 18 heavy (non-hydrogen) atoms. The minimum atomic E-state index is -2.35. The SMILES string of the molecule is COc1ccc(C)cc1C(N)CN(C)CC(F)F. The Morgan fingerprint density at radius 1 is 1.33 bits per heavy atom. The van der Waals surface area contributed by atoms with Crippen molar-refractivity contribution in [1.29, 1.82) is 0 Å². The third-order valence-electron chi connectivity index (χ3n) is 2.74. The molecule has 5 heteroatoms. The van der Waals surface area contributed by atoms with Gasteiger partial charge in [-0.15, -0.1) is 0 Å². The van der Waals surface area contributed by atoms with Crippen molar-refractivity contribution < 1.29 is 13.5 Å². The number of methoxy groups -OCH3 is 1. The Labute approximate surface area is 107 Å². The van der Waals surface area contributed by atoms with Crippen LogP contribution in [-0.2, 0) is 0 Å². The van der Waals surface area contributed by atoms with Crippen LogP contribution in [0.3, 0.4) is 0 Å². The number of nitrogens with zero attached hydrogens (tertiary/aromatic N) is 1. The van der Waals surface area contributed by atoms with Gasteiger partial charge in [0.25, 0.3) is 6.43 Å². The summed E-state index contributed by atoms with van der Waals surface area (Å²) in [7, 11) is 3.21. The van der Waals surface area contributed by atoms with Crippen molar-refractivity contribution in [3.63, 3.8) is 0 Å². The first kappa shape index (κ1) is 14.9. The van der Waals surface area contributed by atoms with Gasteiger partial charge in [-0.05, 0) is 20.0 Å². The van der Waals surface area contributed by atoms with E-state index in [1.165, 1.54) is 4.90 Å². The summed E-state index contributed by atoms with van der Waals surface area (Å²) in [5.74, 6) is 0.693. The molecular weight excluding hydrogens is 238 g/mol. The highest BCUT2D eigenvalue weighted by Gasteiger charge is 2.16. The zero-order chi connectivity index (χ0) is 13.7. The molecule has 0 aliphatic carbocycles. The zero-order valence-corrected chi connectivity index (χ0v) is 11.0. The Morgan fingerprint density at radius 2 is 2.00 bits per heavy atom. The Balaban J connectivity index is 2.76. The number of ether oxygens (including phenoxy) is 1. The summed E-state index contributed by atoms with van der Waals surface area (Å²) >= 11 is 0. The number of benzene rings is 1. The minimum absolute atomic E-state index is 0.276. The van der Waals surface area contributed by atoms with Gasteiger partial charge in [0.05, 0.1) is 13.7 Å². The molecule has 0 heterocycles. The van der Waals surface area contributed by atoms with Gasteiger partial charge in [-0.3, -0.25) is 4.90 Å². The van der Waals surface area contributed by atoms with Gasteiger partial charge in [-0.2, -0.15) is 0 Å². The van der Waals surface area contributed by atoms with E-state index in [-0.39, 0.29) is 12.6 Å². The van der Waals surface area contributed by atoms with E-state index in [9.17, 15) is 8.78 Å². The molecule has 0 bridgehead atoms. The number of hydrogen-bond donors (Lipinski definition) is 1. The second-order valence-electron chi connectivity index (χ2n) is 4.46. The summed E-state index contributed by atoms with van der Waals surface area (Å²) in [6, 6.07) is 5.36. The largest absolute Gasteiger partial charge is 0.496 e. The first-order valence-corrected chi connectivity index (χ1v) is 5.81. The van der Waals surface area contributed by atoms with Crippen LogP contribution in [0.25, 0.3) is 0 Å². The molecule has 3 nitrogen and oxygen atoms in total. The van der Waals surface area contributed by atoms with Crippen LogP contribution in [0.15, 0.2) is 18.2 Å². The maximum Gasteiger partial charge on any atom is 0.251 e. The number of hydrogen-bond acceptors (Lipinski definition) is 3. The monoisotopic (exact) mass is 258 g/mol. The molecule has 0 aliphatic heterocycles. The molecule has 102 valence electrons. The first-order valence-electron chi connectivity index (χ1n) is 5.81. The molecule has 0 aromatic heterocycles. The molecule has 0 aliphatic rings. The lowest BCUT2D eigenvalue weighted by Crippen LogP contribution is -2.32. The number of halogens is 2. The van der Waals surface area contributed by atoms with Crippen LogP contribution in [0, 0.1) is 6.92 Å². The normalized spacial score (nSPS) is 13.1. The third kappa shape index (κ3) is 4.23. The van der Waals surface area contributed by atoms with E-state index in [1.807, 2.05) is 25.1 Å². The fourth-order valence-corrected chi connectivity index (χ4v) is 1.89. The fraction of sp³-hybridized carbons (Fsp3) is 0.538. The van der Waals surface area contributed by atoms with Gasteiger partial charge in [0.2, 0.25) is 0 Å². The van der Waals surface area contributed by atoms with E-state index < -0.39 is 6.43 Å². The number of rotatable bonds is 6. The highest BCUT2D eigenvalue weighted by molar-refractivity contribution is 5.39. The average Bonchev–Trinajstić information content (AvgIpc) is 2.27. The molecular formula is C13H20F2N2O. The fourth-order valence-electron chi connectivity index (χ4n) is 1.89. The first-order chi connectivity index (χ1) is 8.43. The van der Waals surface area contributed by atoms with Gasteiger partial charge in [-0.25, -0.2) is 8.78 Å². The Hall–Kier alpha value is -1.20. The summed E-state index contributed by atoms with van der Waals surface area (Å²) in [6.45, 7) is 2.05. The number of alkyl halides is 2. The molecule has 1 unspecified atom stereocenters. The quantitative estimate of drug-likeness (QED) is 0.850. The molecule has 0 spiro atoms. The van der Waals surface area contributed by atoms with E-state index in [0.717, 1.165) is 11.1 Å². The predicted molar refractivity (Wildman–Crippen MR) is 68.2 cm³/mol. The molecule has 0 saturated heterocycles. The highest BCUT2D eigenvalue weighted by Crippen LogP contribution is 2.25. The van der Waals surface area contributed by atoms with Crippen molar-refractivity contribution in [2.75, 3.05) is 27.2 Å². The van der Waals surface area contributed by atoms with Crippen LogP contribution < -0.4 is 10.5 Å². The van der Waals surface area contributed by atoms with Crippen LogP contribution in [0.4, 0.5) is 8.78 Å².